The van der Waals surface area contributed by atoms with Gasteiger partial charge in [0, 0.05) is 30.9 Å². The summed E-state index contributed by atoms with van der Waals surface area (Å²) in [6, 6.07) is 27.0. The van der Waals surface area contributed by atoms with Crippen molar-refractivity contribution in [3.8, 4) is 5.75 Å². The number of hydrogen-bond donors (Lipinski definition) is 2. The second kappa shape index (κ2) is 11.9. The lowest BCUT2D eigenvalue weighted by Gasteiger charge is -2.17. The third kappa shape index (κ3) is 6.74. The van der Waals surface area contributed by atoms with E-state index in [1.807, 2.05) is 60.7 Å². The molecule has 0 fully saturated rings. The Morgan fingerprint density at radius 3 is 2.26 bits per heavy atom. The minimum absolute atomic E-state index is 0.0587. The lowest BCUT2D eigenvalue weighted by molar-refractivity contribution is -0.116. The van der Waals surface area contributed by atoms with Gasteiger partial charge in [-0.2, -0.15) is 0 Å². The number of nitrogens with zero attached hydrogens (tertiary/aromatic N) is 2. The second-order valence-electron chi connectivity index (χ2n) is 7.87. The minimum atomic E-state index is -0.185. The Kier molecular flexibility index (Phi) is 8.19. The van der Waals surface area contributed by atoms with Gasteiger partial charge in [0.25, 0.3) is 5.91 Å². The van der Waals surface area contributed by atoms with Crippen LogP contribution in [0.1, 0.15) is 38.8 Å². The van der Waals surface area contributed by atoms with Crippen molar-refractivity contribution in [2.45, 2.75) is 18.8 Å². The zero-order valence-corrected chi connectivity index (χ0v) is 20.1. The summed E-state index contributed by atoms with van der Waals surface area (Å²) in [5.41, 5.74) is 2.69. The summed E-state index contributed by atoms with van der Waals surface area (Å²) in [4.78, 5) is 25.2. The number of amides is 2. The molecule has 0 unspecified atom stereocenters. The molecule has 8 heteroatoms. The fourth-order valence-electron chi connectivity index (χ4n) is 3.71. The van der Waals surface area contributed by atoms with E-state index in [1.54, 1.807) is 31.4 Å². The molecule has 0 saturated carbocycles. The third-order valence-corrected chi connectivity index (χ3v) is 6.36. The lowest BCUT2D eigenvalue weighted by Crippen LogP contribution is -2.25. The van der Waals surface area contributed by atoms with Gasteiger partial charge < -0.3 is 15.4 Å². The van der Waals surface area contributed by atoms with Crippen molar-refractivity contribution in [2.75, 3.05) is 19.0 Å². The minimum Gasteiger partial charge on any atom is -0.497 e. The van der Waals surface area contributed by atoms with E-state index in [0.29, 0.717) is 35.8 Å². The van der Waals surface area contributed by atoms with Crippen LogP contribution >= 0.6 is 11.3 Å². The Bertz CT molecular complexity index is 1220. The van der Waals surface area contributed by atoms with Crippen LogP contribution in [0.25, 0.3) is 0 Å². The number of rotatable bonds is 10. The van der Waals surface area contributed by atoms with Crippen molar-refractivity contribution in [3.05, 3.63) is 107 Å². The third-order valence-electron chi connectivity index (χ3n) is 5.46. The van der Waals surface area contributed by atoms with Crippen LogP contribution < -0.4 is 15.4 Å². The number of anilines is 1. The summed E-state index contributed by atoms with van der Waals surface area (Å²) < 4.78 is 5.16. The first kappa shape index (κ1) is 24.1. The van der Waals surface area contributed by atoms with Gasteiger partial charge in [0.2, 0.25) is 11.0 Å². The monoisotopic (exact) mass is 486 g/mol. The summed E-state index contributed by atoms with van der Waals surface area (Å²) in [5, 5.41) is 15.2. The first-order chi connectivity index (χ1) is 17.1. The molecule has 2 N–H and O–H groups in total. The van der Waals surface area contributed by atoms with E-state index >= 15 is 0 Å². The molecule has 4 aromatic rings. The average Bonchev–Trinajstić information content (AvgIpc) is 3.35. The molecule has 1 aromatic heterocycles. The molecule has 178 valence electrons. The molecule has 0 atom stereocenters. The van der Waals surface area contributed by atoms with E-state index < -0.39 is 0 Å². The van der Waals surface area contributed by atoms with Crippen LogP contribution in [0.2, 0.25) is 0 Å². The zero-order chi connectivity index (χ0) is 24.5. The molecule has 0 radical (unpaired) electrons. The molecule has 0 saturated heterocycles. The molecule has 4 rings (SSSR count). The van der Waals surface area contributed by atoms with E-state index in [9.17, 15) is 9.59 Å². The molecular formula is C27H26N4O3S. The second-order valence-corrected chi connectivity index (χ2v) is 8.93. The fraction of sp³-hybridized carbons (Fsp3) is 0.185. The highest BCUT2D eigenvalue weighted by Gasteiger charge is 2.19. The SMILES string of the molecule is COc1cccc(C(=O)NCCc2nnc(NC(=O)CC(c3ccccc3)c3ccccc3)s2)c1. The van der Waals surface area contributed by atoms with Crippen LogP contribution in [0.4, 0.5) is 5.13 Å². The van der Waals surface area contributed by atoms with E-state index in [0.717, 1.165) is 16.1 Å². The Morgan fingerprint density at radius 1 is 0.914 bits per heavy atom. The van der Waals surface area contributed by atoms with Gasteiger partial charge >= 0.3 is 0 Å². The van der Waals surface area contributed by atoms with Crippen molar-refractivity contribution in [1.82, 2.24) is 15.5 Å². The quantitative estimate of drug-likeness (QED) is 0.340. The maximum atomic E-state index is 12.9. The molecule has 3 aromatic carbocycles. The van der Waals surface area contributed by atoms with Crippen LogP contribution in [-0.2, 0) is 11.2 Å². The van der Waals surface area contributed by atoms with Crippen molar-refractivity contribution in [3.63, 3.8) is 0 Å². The molecule has 0 aliphatic rings. The molecule has 0 aliphatic heterocycles. The molecule has 1 heterocycles. The number of methoxy groups -OCH3 is 1. The number of carbonyl (C=O) groups excluding carboxylic acids is 2. The van der Waals surface area contributed by atoms with Crippen molar-refractivity contribution >= 4 is 28.3 Å². The number of nitrogens with one attached hydrogen (secondary N) is 2. The molecule has 35 heavy (non-hydrogen) atoms. The van der Waals surface area contributed by atoms with Gasteiger partial charge in [-0.1, -0.05) is 78.1 Å². The Hall–Kier alpha value is -4.04. The highest BCUT2D eigenvalue weighted by Crippen LogP contribution is 2.28. The Balaban J connectivity index is 1.31. The van der Waals surface area contributed by atoms with Gasteiger partial charge in [-0.05, 0) is 29.3 Å². The summed E-state index contributed by atoms with van der Waals surface area (Å²) in [5.74, 6) is 0.257. The maximum Gasteiger partial charge on any atom is 0.251 e. The highest BCUT2D eigenvalue weighted by atomic mass is 32.1. The fourth-order valence-corrected chi connectivity index (χ4v) is 4.46. The number of hydrogen-bond acceptors (Lipinski definition) is 6. The molecule has 0 spiro atoms. The van der Waals surface area contributed by atoms with Crippen molar-refractivity contribution in [2.24, 2.45) is 0 Å². The standard InChI is InChI=1S/C27H26N4O3S/c1-34-22-14-8-13-21(17-22)26(33)28-16-15-25-30-31-27(35-25)29-24(32)18-23(19-9-4-2-5-10-19)20-11-6-3-7-12-20/h2-14,17,23H,15-16,18H2,1H3,(H,28,33)(H,29,31,32). The molecular weight excluding hydrogens is 460 g/mol. The summed E-state index contributed by atoms with van der Waals surface area (Å²) in [6.07, 6.45) is 0.805. The Morgan fingerprint density at radius 2 is 1.60 bits per heavy atom. The summed E-state index contributed by atoms with van der Waals surface area (Å²) in [6.45, 7) is 0.405. The van der Waals surface area contributed by atoms with Gasteiger partial charge in [0.05, 0.1) is 7.11 Å². The van der Waals surface area contributed by atoms with Gasteiger partial charge in [-0.15, -0.1) is 10.2 Å². The van der Waals surface area contributed by atoms with Gasteiger partial charge in [-0.25, -0.2) is 0 Å². The van der Waals surface area contributed by atoms with Gasteiger partial charge in [-0.3, -0.25) is 9.59 Å². The zero-order valence-electron chi connectivity index (χ0n) is 19.3. The highest BCUT2D eigenvalue weighted by molar-refractivity contribution is 7.15. The Labute approximate surface area is 208 Å². The predicted molar refractivity (Wildman–Crippen MR) is 137 cm³/mol. The van der Waals surface area contributed by atoms with Crippen molar-refractivity contribution < 1.29 is 14.3 Å². The number of carbonyl (C=O) groups is 2. The normalized spacial score (nSPS) is 10.7. The predicted octanol–water partition coefficient (Wildman–Crippen LogP) is 4.68. The van der Waals surface area contributed by atoms with Gasteiger partial charge in [0.1, 0.15) is 10.8 Å². The van der Waals surface area contributed by atoms with E-state index in [-0.39, 0.29) is 17.7 Å². The van der Waals surface area contributed by atoms with Crippen LogP contribution in [0.3, 0.4) is 0 Å². The number of aromatic nitrogens is 2. The lowest BCUT2D eigenvalue weighted by atomic mass is 9.88. The molecule has 2 amide bonds. The van der Waals surface area contributed by atoms with E-state index in [1.165, 1.54) is 11.3 Å². The van der Waals surface area contributed by atoms with Crippen molar-refractivity contribution in [1.29, 1.82) is 0 Å². The van der Waals surface area contributed by atoms with E-state index in [2.05, 4.69) is 20.8 Å². The summed E-state index contributed by atoms with van der Waals surface area (Å²) >= 11 is 1.31. The van der Waals surface area contributed by atoms with Crippen LogP contribution in [0, 0.1) is 0 Å². The average molecular weight is 487 g/mol. The number of benzene rings is 3. The maximum absolute atomic E-state index is 12.9. The first-order valence-electron chi connectivity index (χ1n) is 11.3. The van der Waals surface area contributed by atoms with Crippen LogP contribution in [-0.4, -0.2) is 35.7 Å². The molecule has 0 bridgehead atoms. The number of ether oxygens (including phenoxy) is 1. The van der Waals surface area contributed by atoms with Crippen LogP contribution in [0.5, 0.6) is 5.75 Å². The topological polar surface area (TPSA) is 93.2 Å². The molecule has 0 aliphatic carbocycles. The largest absolute Gasteiger partial charge is 0.497 e. The first-order valence-corrected chi connectivity index (χ1v) is 12.1. The van der Waals surface area contributed by atoms with E-state index in [4.69, 9.17) is 4.74 Å². The molecule has 7 nitrogen and oxygen atoms in total. The van der Waals surface area contributed by atoms with Gasteiger partial charge in [0.15, 0.2) is 0 Å². The smallest absolute Gasteiger partial charge is 0.251 e. The summed E-state index contributed by atoms with van der Waals surface area (Å²) in [7, 11) is 1.56. The van der Waals surface area contributed by atoms with Crippen LogP contribution in [0.15, 0.2) is 84.9 Å².